The number of hydrogen-bond acceptors (Lipinski definition) is 1. The van der Waals surface area contributed by atoms with Crippen molar-refractivity contribution in [1.29, 1.82) is 0 Å². The lowest BCUT2D eigenvalue weighted by molar-refractivity contribution is 0.629. The third kappa shape index (κ3) is 1.09. The lowest BCUT2D eigenvalue weighted by Crippen LogP contribution is -2.01. The lowest BCUT2D eigenvalue weighted by Gasteiger charge is -1.94. The predicted molar refractivity (Wildman–Crippen MR) is 44.5 cm³/mol. The minimum absolute atomic E-state index is 0.172. The third-order valence-electron chi connectivity index (χ3n) is 1.71. The summed E-state index contributed by atoms with van der Waals surface area (Å²) in [7, 11) is 0. The van der Waals surface area contributed by atoms with E-state index in [0.717, 1.165) is 5.39 Å². The van der Waals surface area contributed by atoms with Gasteiger partial charge in [0.2, 0.25) is 5.56 Å². The molecule has 1 aromatic heterocycles. The molecule has 0 saturated carbocycles. The Morgan fingerprint density at radius 1 is 1.17 bits per heavy atom. The highest BCUT2D eigenvalue weighted by Crippen LogP contribution is 2.11. The van der Waals surface area contributed by atoms with E-state index >= 15 is 0 Å². The molecule has 1 N–H and O–H groups in total. The Bertz CT molecular complexity index is 475. The molecule has 1 aromatic carbocycles. The fourth-order valence-electron chi connectivity index (χ4n) is 1.13. The summed E-state index contributed by atoms with van der Waals surface area (Å²) in [5.74, 6) is -0.297. The molecule has 0 aliphatic carbocycles. The quantitative estimate of drug-likeness (QED) is 0.629. The van der Waals surface area contributed by atoms with Gasteiger partial charge in [0.25, 0.3) is 0 Å². The summed E-state index contributed by atoms with van der Waals surface area (Å²) in [4.78, 5) is 13.3. The molecular weight excluding hydrogens is 157 g/mol. The van der Waals surface area contributed by atoms with Crippen molar-refractivity contribution < 1.29 is 4.39 Å². The van der Waals surface area contributed by atoms with Gasteiger partial charge in [-0.1, -0.05) is 6.07 Å². The second kappa shape index (κ2) is 2.44. The number of benzene rings is 1. The Morgan fingerprint density at radius 2 is 2.00 bits per heavy atom. The van der Waals surface area contributed by atoms with E-state index in [9.17, 15) is 9.18 Å². The summed E-state index contributed by atoms with van der Waals surface area (Å²) in [6, 6.07) is 5.74. The molecule has 2 nitrogen and oxygen atoms in total. The smallest absolute Gasteiger partial charge is 0.248 e. The topological polar surface area (TPSA) is 32.9 Å². The average molecular weight is 163 g/mol. The fraction of sp³-hybridized carbons (Fsp3) is 0. The highest BCUT2D eigenvalue weighted by Gasteiger charge is 1.94. The van der Waals surface area contributed by atoms with Gasteiger partial charge in [-0.05, 0) is 17.5 Å². The van der Waals surface area contributed by atoms with Crippen LogP contribution in [-0.2, 0) is 0 Å². The molecule has 0 radical (unpaired) electrons. The Balaban J connectivity index is 2.87. The predicted octanol–water partition coefficient (Wildman–Crippen LogP) is 1.67. The maximum atomic E-state index is 12.6. The molecule has 0 bridgehead atoms. The van der Waals surface area contributed by atoms with E-state index in [1.807, 2.05) is 0 Å². The zero-order chi connectivity index (χ0) is 8.55. The molecule has 12 heavy (non-hydrogen) atoms. The molecule has 2 aromatic rings. The Kier molecular flexibility index (Phi) is 1.43. The highest BCUT2D eigenvalue weighted by atomic mass is 19.1. The molecule has 0 spiro atoms. The zero-order valence-corrected chi connectivity index (χ0v) is 6.17. The first-order valence-electron chi connectivity index (χ1n) is 3.54. The maximum Gasteiger partial charge on any atom is 0.248 e. The summed E-state index contributed by atoms with van der Waals surface area (Å²) in [5, 5.41) is 1.45. The van der Waals surface area contributed by atoms with Gasteiger partial charge in [-0.15, -0.1) is 0 Å². The number of hydrogen-bond donors (Lipinski definition) is 1. The summed E-state index contributed by atoms with van der Waals surface area (Å²) < 4.78 is 12.6. The van der Waals surface area contributed by atoms with Crippen LogP contribution in [0.4, 0.5) is 4.39 Å². The summed E-state index contributed by atoms with van der Waals surface area (Å²) >= 11 is 0. The molecular formula is C9H6FNO. The van der Waals surface area contributed by atoms with E-state index in [1.165, 1.54) is 24.4 Å². The molecule has 0 unspecified atom stereocenters. The first kappa shape index (κ1) is 7.03. The SMILES string of the molecule is O=c1cc2ccc(F)cc2c[nH]1. The Morgan fingerprint density at radius 3 is 2.83 bits per heavy atom. The Labute approximate surface area is 67.7 Å². The van der Waals surface area contributed by atoms with Crippen molar-refractivity contribution in [2.75, 3.05) is 0 Å². The second-order valence-electron chi connectivity index (χ2n) is 2.57. The highest BCUT2D eigenvalue weighted by molar-refractivity contribution is 5.81. The van der Waals surface area contributed by atoms with Gasteiger partial charge in [0.1, 0.15) is 5.82 Å². The summed E-state index contributed by atoms with van der Waals surface area (Å²) in [5.41, 5.74) is -0.172. The molecule has 60 valence electrons. The van der Waals surface area contributed by atoms with Crippen molar-refractivity contribution in [1.82, 2.24) is 4.98 Å². The number of H-pyrrole nitrogens is 1. The van der Waals surface area contributed by atoms with Gasteiger partial charge in [0.05, 0.1) is 0 Å². The first-order chi connectivity index (χ1) is 5.75. The van der Waals surface area contributed by atoms with Crippen LogP contribution in [0.25, 0.3) is 10.8 Å². The van der Waals surface area contributed by atoms with Crippen LogP contribution < -0.4 is 5.56 Å². The third-order valence-corrected chi connectivity index (χ3v) is 1.71. The molecule has 0 fully saturated rings. The standard InChI is InChI=1S/C9H6FNO/c10-8-2-1-6-4-9(12)11-5-7(6)3-8/h1-5H,(H,11,12). The minimum atomic E-state index is -0.297. The van der Waals surface area contributed by atoms with Crippen molar-refractivity contribution in [3.63, 3.8) is 0 Å². The molecule has 0 saturated heterocycles. The van der Waals surface area contributed by atoms with Crippen molar-refractivity contribution in [3.8, 4) is 0 Å². The zero-order valence-electron chi connectivity index (χ0n) is 6.17. The molecule has 3 heteroatoms. The van der Waals surface area contributed by atoms with Crippen LogP contribution in [-0.4, -0.2) is 4.98 Å². The van der Waals surface area contributed by atoms with Gasteiger partial charge in [-0.3, -0.25) is 4.79 Å². The van der Waals surface area contributed by atoms with Gasteiger partial charge < -0.3 is 4.98 Å². The summed E-state index contributed by atoms with van der Waals surface area (Å²) in [6.45, 7) is 0. The van der Waals surface area contributed by atoms with Crippen LogP contribution in [0.1, 0.15) is 0 Å². The molecule has 0 amide bonds. The summed E-state index contributed by atoms with van der Waals surface area (Å²) in [6.07, 6.45) is 1.50. The van der Waals surface area contributed by atoms with Crippen molar-refractivity contribution in [2.45, 2.75) is 0 Å². The van der Waals surface area contributed by atoms with Gasteiger partial charge in [0, 0.05) is 17.6 Å². The Hall–Kier alpha value is -1.64. The van der Waals surface area contributed by atoms with Crippen LogP contribution in [0, 0.1) is 5.82 Å². The van der Waals surface area contributed by atoms with Gasteiger partial charge >= 0.3 is 0 Å². The van der Waals surface area contributed by atoms with Crippen molar-refractivity contribution in [3.05, 3.63) is 46.6 Å². The van der Waals surface area contributed by atoms with E-state index in [0.29, 0.717) is 5.39 Å². The van der Waals surface area contributed by atoms with E-state index in [1.54, 1.807) is 6.07 Å². The van der Waals surface area contributed by atoms with E-state index < -0.39 is 0 Å². The van der Waals surface area contributed by atoms with Gasteiger partial charge in [-0.25, -0.2) is 4.39 Å². The maximum absolute atomic E-state index is 12.6. The van der Waals surface area contributed by atoms with E-state index in [2.05, 4.69) is 4.98 Å². The van der Waals surface area contributed by atoms with Crippen LogP contribution >= 0.6 is 0 Å². The van der Waals surface area contributed by atoms with E-state index in [-0.39, 0.29) is 11.4 Å². The second-order valence-corrected chi connectivity index (χ2v) is 2.57. The number of rotatable bonds is 0. The van der Waals surface area contributed by atoms with Crippen LogP contribution in [0.2, 0.25) is 0 Å². The van der Waals surface area contributed by atoms with Crippen molar-refractivity contribution >= 4 is 10.8 Å². The molecule has 0 atom stereocenters. The number of aromatic nitrogens is 1. The number of fused-ring (bicyclic) bond motifs is 1. The number of halogens is 1. The number of nitrogens with one attached hydrogen (secondary N) is 1. The fourth-order valence-corrected chi connectivity index (χ4v) is 1.13. The number of aromatic amines is 1. The molecule has 2 rings (SSSR count). The van der Waals surface area contributed by atoms with Gasteiger partial charge in [0.15, 0.2) is 0 Å². The molecule has 0 aliphatic rings. The van der Waals surface area contributed by atoms with Crippen LogP contribution in [0.5, 0.6) is 0 Å². The van der Waals surface area contributed by atoms with Crippen LogP contribution in [0.3, 0.4) is 0 Å². The monoisotopic (exact) mass is 163 g/mol. The first-order valence-corrected chi connectivity index (χ1v) is 3.54. The normalized spacial score (nSPS) is 10.4. The molecule has 1 heterocycles. The van der Waals surface area contributed by atoms with Gasteiger partial charge in [-0.2, -0.15) is 0 Å². The van der Waals surface area contributed by atoms with Crippen LogP contribution in [0.15, 0.2) is 35.3 Å². The molecule has 0 aliphatic heterocycles. The minimum Gasteiger partial charge on any atom is -0.328 e. The van der Waals surface area contributed by atoms with Crippen molar-refractivity contribution in [2.24, 2.45) is 0 Å². The van der Waals surface area contributed by atoms with E-state index in [4.69, 9.17) is 0 Å². The average Bonchev–Trinajstić information content (AvgIpc) is 2.05. The lowest BCUT2D eigenvalue weighted by atomic mass is 10.2. The largest absolute Gasteiger partial charge is 0.328 e. The number of pyridine rings is 1.